The highest BCUT2D eigenvalue weighted by atomic mass is 16.7. The Morgan fingerprint density at radius 1 is 0.972 bits per heavy atom. The number of hydrogen-bond donors (Lipinski definition) is 0. The number of aromatic nitrogens is 2. The predicted octanol–water partition coefficient (Wildman–Crippen LogP) is 5.90. The molecule has 6 nitrogen and oxygen atoms in total. The molecule has 0 N–H and O–H groups in total. The Labute approximate surface area is 212 Å². The molecule has 3 aromatic carbocycles. The van der Waals surface area contributed by atoms with E-state index in [1.54, 1.807) is 4.85 Å². The Bertz CT molecular complexity index is 1320. The van der Waals surface area contributed by atoms with Crippen molar-refractivity contribution in [3.8, 4) is 0 Å². The summed E-state index contributed by atoms with van der Waals surface area (Å²) >= 11 is 0. The van der Waals surface area contributed by atoms with Gasteiger partial charge in [0.2, 0.25) is 0 Å². The first kappa shape index (κ1) is 23.9. The van der Waals surface area contributed by atoms with Crippen molar-refractivity contribution in [2.24, 2.45) is 0 Å². The number of rotatable bonds is 7. The van der Waals surface area contributed by atoms with Gasteiger partial charge in [-0.3, -0.25) is 0 Å². The number of aryl methyl sites for hydroxylation is 1. The zero-order valence-corrected chi connectivity index (χ0v) is 21.0. The average molecular weight is 484 g/mol. The number of likely N-dealkylation sites (tertiary alicyclic amines) is 1. The maximum Gasteiger partial charge on any atom is 0.409 e. The minimum Gasteiger partial charge on any atom is -0.450 e. The molecule has 0 bridgehead atoms. The number of ether oxygens (including phenoxy) is 1. The van der Waals surface area contributed by atoms with Gasteiger partial charge in [0.15, 0.2) is 0 Å². The van der Waals surface area contributed by atoms with Crippen molar-refractivity contribution in [1.82, 2.24) is 14.8 Å². The summed E-state index contributed by atoms with van der Waals surface area (Å²) in [6.45, 7) is 6.20. The summed E-state index contributed by atoms with van der Waals surface area (Å²) in [5.74, 6) is 0.322. The third kappa shape index (κ3) is 5.54. The molecule has 186 valence electrons. The van der Waals surface area contributed by atoms with Gasteiger partial charge in [0.25, 0.3) is 0 Å². The number of carbonyl (C=O) groups excluding carboxylic acids is 1. The minimum absolute atomic E-state index is 0.218. The van der Waals surface area contributed by atoms with Crippen LogP contribution in [0.2, 0.25) is 0 Å². The Morgan fingerprint density at radius 3 is 2.53 bits per heavy atom. The van der Waals surface area contributed by atoms with Gasteiger partial charge in [0, 0.05) is 25.1 Å². The van der Waals surface area contributed by atoms with E-state index in [9.17, 15) is 4.79 Å². The van der Waals surface area contributed by atoms with Crippen molar-refractivity contribution >= 4 is 16.9 Å². The van der Waals surface area contributed by atoms with E-state index < -0.39 is 0 Å². The van der Waals surface area contributed by atoms with Crippen LogP contribution in [0.3, 0.4) is 0 Å². The van der Waals surface area contributed by atoms with Crippen molar-refractivity contribution in [2.45, 2.75) is 45.6 Å². The molecule has 2 heterocycles. The molecule has 0 saturated carbocycles. The first-order chi connectivity index (χ1) is 17.6. The molecule has 1 aromatic heterocycles. The van der Waals surface area contributed by atoms with Gasteiger partial charge in [-0.25, -0.2) is 4.79 Å². The maximum atomic E-state index is 12.2. The number of benzene rings is 3. The van der Waals surface area contributed by atoms with Crippen LogP contribution in [0.25, 0.3) is 10.8 Å². The first-order valence-corrected chi connectivity index (χ1v) is 12.8. The molecule has 0 aliphatic carbocycles. The highest BCUT2D eigenvalue weighted by Gasteiger charge is 2.28. The van der Waals surface area contributed by atoms with Gasteiger partial charge in [-0.1, -0.05) is 72.3 Å². The first-order valence-electron chi connectivity index (χ1n) is 12.8. The topological polar surface area (TPSA) is 56.6 Å². The van der Waals surface area contributed by atoms with E-state index in [1.165, 1.54) is 27.5 Å². The Morgan fingerprint density at radius 2 is 1.75 bits per heavy atom. The SMILES string of the molecule is CCOC(=O)N1CCC(c2cn(OCc3ccccc3)nc2Cc2ccc3ccc(C)cc3c2)CC1. The zero-order chi connectivity index (χ0) is 24.9. The fraction of sp³-hybridized carbons (Fsp3) is 0.333. The smallest absolute Gasteiger partial charge is 0.409 e. The monoisotopic (exact) mass is 483 g/mol. The van der Waals surface area contributed by atoms with Gasteiger partial charge in [-0.2, -0.15) is 0 Å². The van der Waals surface area contributed by atoms with Crippen molar-refractivity contribution in [3.63, 3.8) is 0 Å². The van der Waals surface area contributed by atoms with Gasteiger partial charge in [-0.05, 0) is 54.5 Å². The Hall–Kier alpha value is -3.80. The van der Waals surface area contributed by atoms with Crippen molar-refractivity contribution in [1.29, 1.82) is 0 Å². The number of fused-ring (bicyclic) bond motifs is 1. The van der Waals surface area contributed by atoms with Gasteiger partial charge >= 0.3 is 6.09 Å². The Kier molecular flexibility index (Phi) is 7.21. The van der Waals surface area contributed by atoms with Crippen molar-refractivity contribution in [2.75, 3.05) is 19.7 Å². The third-order valence-electron chi connectivity index (χ3n) is 6.90. The number of nitrogens with zero attached hydrogens (tertiary/aromatic N) is 3. The van der Waals surface area contributed by atoms with E-state index in [1.807, 2.05) is 48.4 Å². The average Bonchev–Trinajstić information content (AvgIpc) is 3.30. The summed E-state index contributed by atoms with van der Waals surface area (Å²) in [5.41, 5.74) is 5.82. The van der Waals surface area contributed by atoms with Gasteiger partial charge in [0.1, 0.15) is 6.61 Å². The van der Waals surface area contributed by atoms with Crippen LogP contribution in [-0.2, 0) is 17.8 Å². The fourth-order valence-electron chi connectivity index (χ4n) is 4.97. The quantitative estimate of drug-likeness (QED) is 0.328. The summed E-state index contributed by atoms with van der Waals surface area (Å²) in [7, 11) is 0. The van der Waals surface area contributed by atoms with E-state index in [-0.39, 0.29) is 6.09 Å². The second-order valence-electron chi connectivity index (χ2n) is 9.51. The van der Waals surface area contributed by atoms with Crippen LogP contribution in [0.4, 0.5) is 4.79 Å². The summed E-state index contributed by atoms with van der Waals surface area (Å²) in [6, 6.07) is 23.3. The normalized spacial score (nSPS) is 14.2. The lowest BCUT2D eigenvalue weighted by molar-refractivity contribution is 0.0690. The lowest BCUT2D eigenvalue weighted by Crippen LogP contribution is -2.38. The predicted molar refractivity (Wildman–Crippen MR) is 141 cm³/mol. The van der Waals surface area contributed by atoms with Crippen LogP contribution in [0.15, 0.2) is 72.9 Å². The fourth-order valence-corrected chi connectivity index (χ4v) is 4.97. The number of hydrogen-bond acceptors (Lipinski definition) is 4. The van der Waals surface area contributed by atoms with E-state index >= 15 is 0 Å². The van der Waals surface area contributed by atoms with Crippen molar-refractivity contribution in [3.05, 3.63) is 101 Å². The molecule has 1 aliphatic heterocycles. The summed E-state index contributed by atoms with van der Waals surface area (Å²) in [5, 5.41) is 7.36. The third-order valence-corrected chi connectivity index (χ3v) is 6.90. The summed E-state index contributed by atoms with van der Waals surface area (Å²) < 4.78 is 5.20. The highest BCUT2D eigenvalue weighted by molar-refractivity contribution is 5.83. The molecule has 4 aromatic rings. The molecular formula is C30H33N3O3. The van der Waals surface area contributed by atoms with E-state index in [4.69, 9.17) is 14.7 Å². The molecule has 0 spiro atoms. The molecule has 0 atom stereocenters. The van der Waals surface area contributed by atoms with E-state index in [2.05, 4.69) is 43.3 Å². The molecule has 1 fully saturated rings. The highest BCUT2D eigenvalue weighted by Crippen LogP contribution is 2.32. The number of piperidine rings is 1. The second kappa shape index (κ2) is 10.9. The van der Waals surface area contributed by atoms with Gasteiger partial charge in [-0.15, -0.1) is 9.94 Å². The van der Waals surface area contributed by atoms with Crippen LogP contribution >= 0.6 is 0 Å². The second-order valence-corrected chi connectivity index (χ2v) is 9.51. The minimum atomic E-state index is -0.218. The Balaban J connectivity index is 1.38. The van der Waals surface area contributed by atoms with Gasteiger partial charge < -0.3 is 14.5 Å². The lowest BCUT2D eigenvalue weighted by Gasteiger charge is -2.31. The number of amides is 1. The van der Waals surface area contributed by atoms with Crippen LogP contribution < -0.4 is 4.84 Å². The molecule has 0 unspecified atom stereocenters. The number of carbonyl (C=O) groups is 1. The molecule has 1 aliphatic rings. The van der Waals surface area contributed by atoms with Crippen LogP contribution in [0.5, 0.6) is 0 Å². The lowest BCUT2D eigenvalue weighted by atomic mass is 9.88. The molecule has 5 rings (SSSR count). The summed E-state index contributed by atoms with van der Waals surface area (Å²) in [4.78, 5) is 21.6. The molecule has 36 heavy (non-hydrogen) atoms. The molecule has 1 saturated heterocycles. The summed E-state index contributed by atoms with van der Waals surface area (Å²) in [6.07, 6.45) is 4.32. The van der Waals surface area contributed by atoms with E-state index in [0.717, 1.165) is 30.5 Å². The molecule has 0 radical (unpaired) electrons. The van der Waals surface area contributed by atoms with Crippen LogP contribution in [0.1, 0.15) is 53.6 Å². The zero-order valence-electron chi connectivity index (χ0n) is 21.0. The standard InChI is InChI=1S/C30H33N3O3/c1-3-35-30(34)32-15-13-26(14-16-32)28-20-33(36-21-23-7-5-4-6-8-23)31-29(28)19-24-10-12-25-11-9-22(2)17-27(25)18-24/h4-12,17-18,20,26H,3,13-16,19,21H2,1-2H3. The van der Waals surface area contributed by atoms with E-state index in [0.29, 0.717) is 32.2 Å². The molecule has 1 amide bonds. The maximum absolute atomic E-state index is 12.2. The van der Waals surface area contributed by atoms with Gasteiger partial charge in [0.05, 0.1) is 18.5 Å². The van der Waals surface area contributed by atoms with Crippen LogP contribution in [0, 0.1) is 6.92 Å². The largest absolute Gasteiger partial charge is 0.450 e. The molecule has 6 heteroatoms. The molecular weight excluding hydrogens is 450 g/mol. The van der Waals surface area contributed by atoms with Crippen molar-refractivity contribution < 1.29 is 14.4 Å². The van der Waals surface area contributed by atoms with Crippen LogP contribution in [-0.4, -0.2) is 40.6 Å².